The Morgan fingerprint density at radius 2 is 1.06 bits per heavy atom. The van der Waals surface area contributed by atoms with E-state index in [1.165, 1.54) is 44.9 Å². The van der Waals surface area contributed by atoms with E-state index < -0.39 is 86.8 Å². The van der Waals surface area contributed by atoms with Gasteiger partial charge in [-0.2, -0.15) is 0 Å². The fourth-order valence-electron chi connectivity index (χ4n) is 7.61. The lowest BCUT2D eigenvalue weighted by Gasteiger charge is -2.46. The molecule has 2 rings (SSSR count). The number of ether oxygens (including phenoxy) is 4. The van der Waals surface area contributed by atoms with E-state index in [1.54, 1.807) is 6.08 Å². The summed E-state index contributed by atoms with van der Waals surface area (Å²) in [5.74, 6) is -0.276. The summed E-state index contributed by atoms with van der Waals surface area (Å²) in [5.41, 5.74) is 0. The highest BCUT2D eigenvalue weighted by Gasteiger charge is 2.51. The summed E-state index contributed by atoms with van der Waals surface area (Å²) in [6.45, 7) is 2.61. The minimum absolute atomic E-state index is 0.238. The number of unbranched alkanes of at least 4 members (excludes halogenated alkanes) is 13. The Balaban J connectivity index is 1.87. The first-order valence-electron chi connectivity index (χ1n) is 24.7. The lowest BCUT2D eigenvalue weighted by atomic mass is 9.97. The van der Waals surface area contributed by atoms with Gasteiger partial charge in [0.15, 0.2) is 12.6 Å². The average Bonchev–Trinajstić information content (AvgIpc) is 3.30. The van der Waals surface area contributed by atoms with Crippen LogP contribution in [0.3, 0.4) is 0 Å². The third-order valence-corrected chi connectivity index (χ3v) is 11.6. The smallest absolute Gasteiger partial charge is 0.220 e. The maximum Gasteiger partial charge on any atom is 0.220 e. The van der Waals surface area contributed by atoms with E-state index in [0.29, 0.717) is 6.42 Å². The third-order valence-electron chi connectivity index (χ3n) is 11.6. The molecule has 12 unspecified atom stereocenters. The van der Waals surface area contributed by atoms with Gasteiger partial charge in [-0.15, -0.1) is 0 Å². The predicted molar refractivity (Wildman–Crippen MR) is 253 cm³/mol. The summed E-state index contributed by atoms with van der Waals surface area (Å²) in [6.07, 6.45) is 29.4. The Hall–Kier alpha value is -2.57. The summed E-state index contributed by atoms with van der Waals surface area (Å²) < 4.78 is 22.6. The first kappa shape index (κ1) is 58.6. The van der Waals surface area contributed by atoms with Crippen LogP contribution in [0.5, 0.6) is 0 Å². The highest BCUT2D eigenvalue weighted by atomic mass is 16.7. The van der Waals surface area contributed by atoms with Crippen molar-refractivity contribution in [2.45, 2.75) is 222 Å². The molecule has 0 bridgehead atoms. The van der Waals surface area contributed by atoms with E-state index in [-0.39, 0.29) is 18.9 Å². The van der Waals surface area contributed by atoms with Crippen molar-refractivity contribution in [3.8, 4) is 0 Å². The van der Waals surface area contributed by atoms with Crippen molar-refractivity contribution in [2.75, 3.05) is 19.8 Å². The Morgan fingerprint density at radius 3 is 1.63 bits per heavy atom. The van der Waals surface area contributed by atoms with Crippen LogP contribution in [0.25, 0.3) is 0 Å². The van der Waals surface area contributed by atoms with Gasteiger partial charge in [-0.25, -0.2) is 0 Å². The summed E-state index contributed by atoms with van der Waals surface area (Å²) in [4.78, 5) is 13.1. The molecule has 2 fully saturated rings. The molecule has 1 amide bonds. The topological polar surface area (TPSA) is 228 Å². The highest BCUT2D eigenvalue weighted by molar-refractivity contribution is 5.76. The van der Waals surface area contributed by atoms with E-state index in [9.17, 15) is 45.6 Å². The van der Waals surface area contributed by atoms with Crippen LogP contribution in [0.2, 0.25) is 0 Å². The van der Waals surface area contributed by atoms with Gasteiger partial charge in [0.05, 0.1) is 32.0 Å². The number of rotatable bonds is 36. The number of aliphatic hydroxyl groups excluding tert-OH is 8. The molecule has 0 aliphatic carbocycles. The monoisotopic (exact) mass is 922 g/mol. The molecular formula is C51H87NO13. The van der Waals surface area contributed by atoms with Crippen molar-refractivity contribution in [1.82, 2.24) is 5.32 Å². The standard InChI is InChI=1S/C51H87NO13/c1-3-5-7-9-11-13-15-17-18-19-20-21-22-23-25-27-29-31-33-35-43(56)52-39(40(55)34-32-30-28-26-24-16-14-12-10-8-6-4-2)38-62-50-48(61)46(59)49(42(37-54)64-50)65-51-47(60)45(58)44(57)41(36-53)63-51/h5,7,11,13,17-18,20-21,23,25,32,34,39-42,44-51,53-55,57-61H,3-4,6,8-10,12,14-16,19,22,24,26-31,33,35-38H2,1-2H3,(H,52,56)/b7-5-,13-11-,18-17-,21-20-,25-23-,34-32+. The Labute approximate surface area is 389 Å². The lowest BCUT2D eigenvalue weighted by Crippen LogP contribution is -2.65. The summed E-state index contributed by atoms with van der Waals surface area (Å²) in [6, 6.07) is -0.934. The van der Waals surface area contributed by atoms with E-state index in [4.69, 9.17) is 18.9 Å². The molecular weight excluding hydrogens is 835 g/mol. The molecule has 0 spiro atoms. The van der Waals surface area contributed by atoms with Crippen LogP contribution in [0.1, 0.15) is 149 Å². The first-order valence-corrected chi connectivity index (χ1v) is 24.7. The van der Waals surface area contributed by atoms with Gasteiger partial charge < -0.3 is 65.1 Å². The van der Waals surface area contributed by atoms with Gasteiger partial charge in [0.1, 0.15) is 48.8 Å². The minimum Gasteiger partial charge on any atom is -0.394 e. The van der Waals surface area contributed by atoms with Crippen LogP contribution in [0.15, 0.2) is 72.9 Å². The maximum atomic E-state index is 13.1. The van der Waals surface area contributed by atoms with Crippen molar-refractivity contribution in [3.05, 3.63) is 72.9 Å². The Morgan fingerprint density at radius 1 is 0.569 bits per heavy atom. The second-order valence-corrected chi connectivity index (χ2v) is 17.2. The average molecular weight is 922 g/mol. The molecule has 0 radical (unpaired) electrons. The lowest BCUT2D eigenvalue weighted by molar-refractivity contribution is -0.359. The molecule has 2 aliphatic rings. The van der Waals surface area contributed by atoms with Crippen molar-refractivity contribution >= 4 is 5.91 Å². The SMILES string of the molecule is CC/C=C\C/C=C\C/C=C\C/C=C\C/C=C\CCCCCC(=O)NC(COC1OC(CO)C(OC2OC(CO)C(O)C(O)C2O)C(O)C1O)C(O)/C=C/CCCCCCCCCCCC. The molecule has 374 valence electrons. The van der Waals surface area contributed by atoms with E-state index in [1.807, 2.05) is 6.08 Å². The molecule has 14 nitrogen and oxygen atoms in total. The number of nitrogens with one attached hydrogen (secondary N) is 1. The fraction of sp³-hybridized carbons (Fsp3) is 0.745. The van der Waals surface area contributed by atoms with Gasteiger partial charge in [0.2, 0.25) is 5.91 Å². The Bertz CT molecular complexity index is 1370. The zero-order valence-electron chi connectivity index (χ0n) is 39.4. The first-order chi connectivity index (χ1) is 31.6. The van der Waals surface area contributed by atoms with Gasteiger partial charge in [-0.3, -0.25) is 4.79 Å². The van der Waals surface area contributed by atoms with Gasteiger partial charge in [-0.05, 0) is 64.2 Å². The van der Waals surface area contributed by atoms with Crippen LogP contribution < -0.4 is 5.32 Å². The van der Waals surface area contributed by atoms with Crippen LogP contribution in [-0.4, -0.2) is 140 Å². The van der Waals surface area contributed by atoms with E-state index >= 15 is 0 Å². The molecule has 65 heavy (non-hydrogen) atoms. The third kappa shape index (κ3) is 24.9. The molecule has 2 saturated heterocycles. The van der Waals surface area contributed by atoms with Crippen molar-refractivity contribution in [2.24, 2.45) is 0 Å². The number of carbonyl (C=O) groups is 1. The predicted octanol–water partition coefficient (Wildman–Crippen LogP) is 6.04. The van der Waals surface area contributed by atoms with Crippen LogP contribution in [0, 0.1) is 0 Å². The molecule has 12 atom stereocenters. The van der Waals surface area contributed by atoms with Gasteiger partial charge >= 0.3 is 0 Å². The second-order valence-electron chi connectivity index (χ2n) is 17.2. The fourth-order valence-corrected chi connectivity index (χ4v) is 7.61. The molecule has 2 aliphatic heterocycles. The van der Waals surface area contributed by atoms with E-state index in [0.717, 1.165) is 77.0 Å². The largest absolute Gasteiger partial charge is 0.394 e. The van der Waals surface area contributed by atoms with Crippen LogP contribution in [-0.2, 0) is 23.7 Å². The molecule has 0 aromatic heterocycles. The van der Waals surface area contributed by atoms with Gasteiger partial charge in [0, 0.05) is 6.42 Å². The highest BCUT2D eigenvalue weighted by Crippen LogP contribution is 2.30. The zero-order chi connectivity index (χ0) is 47.5. The molecule has 0 aromatic rings. The second kappa shape index (κ2) is 37.4. The van der Waals surface area contributed by atoms with E-state index in [2.05, 4.69) is 79.9 Å². The number of hydrogen-bond donors (Lipinski definition) is 9. The summed E-state index contributed by atoms with van der Waals surface area (Å²) in [5, 5.41) is 86.6. The van der Waals surface area contributed by atoms with Crippen LogP contribution >= 0.6 is 0 Å². The number of carbonyl (C=O) groups excluding carboxylic acids is 1. The zero-order valence-corrected chi connectivity index (χ0v) is 39.4. The molecule has 9 N–H and O–H groups in total. The number of allylic oxidation sites excluding steroid dienone is 11. The number of hydrogen-bond acceptors (Lipinski definition) is 13. The maximum absolute atomic E-state index is 13.1. The van der Waals surface area contributed by atoms with Gasteiger partial charge in [-0.1, -0.05) is 151 Å². The summed E-state index contributed by atoms with van der Waals surface area (Å²) >= 11 is 0. The minimum atomic E-state index is -1.79. The van der Waals surface area contributed by atoms with Gasteiger partial charge in [0.25, 0.3) is 0 Å². The molecule has 2 heterocycles. The van der Waals surface area contributed by atoms with Crippen molar-refractivity contribution < 1.29 is 64.6 Å². The molecule has 0 aromatic carbocycles. The normalized spacial score (nSPS) is 27.7. The summed E-state index contributed by atoms with van der Waals surface area (Å²) in [7, 11) is 0. The molecule has 0 saturated carbocycles. The number of aliphatic hydroxyl groups is 8. The Kier molecular flexibility index (Phi) is 33.7. The van der Waals surface area contributed by atoms with Crippen molar-refractivity contribution in [1.29, 1.82) is 0 Å². The van der Waals surface area contributed by atoms with Crippen LogP contribution in [0.4, 0.5) is 0 Å². The van der Waals surface area contributed by atoms with Crippen molar-refractivity contribution in [3.63, 3.8) is 0 Å². The molecule has 14 heteroatoms. The number of amides is 1. The quantitative estimate of drug-likeness (QED) is 0.0258.